The van der Waals surface area contributed by atoms with Gasteiger partial charge in [-0.25, -0.2) is 9.98 Å². The van der Waals surface area contributed by atoms with Crippen molar-refractivity contribution in [2.24, 2.45) is 9.98 Å². The zero-order valence-electron chi connectivity index (χ0n) is 26.4. The topological polar surface area (TPSA) is 131 Å². The highest BCUT2D eigenvalue weighted by atomic mass is 79.9. The van der Waals surface area contributed by atoms with Gasteiger partial charge in [-0.1, -0.05) is 44.9 Å². The van der Waals surface area contributed by atoms with Crippen molar-refractivity contribution in [3.63, 3.8) is 0 Å². The molecule has 0 spiro atoms. The molecule has 0 aromatic heterocycles. The molecule has 2 aromatic carbocycles. The predicted molar refractivity (Wildman–Crippen MR) is 171 cm³/mol. The second-order valence-electron chi connectivity index (χ2n) is 11.5. The van der Waals surface area contributed by atoms with Crippen LogP contribution >= 0.6 is 0 Å². The summed E-state index contributed by atoms with van der Waals surface area (Å²) in [5.41, 5.74) is 0.236. The molecule has 0 aliphatic carbocycles. The summed E-state index contributed by atoms with van der Waals surface area (Å²) in [4.78, 5) is 8.07. The number of quaternary nitrogens is 1. The Morgan fingerprint density at radius 3 is 1.59 bits per heavy atom. The number of nitrogens with zero attached hydrogens (tertiary/aromatic N) is 5. The molecule has 0 bridgehead atoms. The molecule has 0 saturated heterocycles. The predicted octanol–water partition coefficient (Wildman–Crippen LogP) is 3.89. The standard InChI is InChI=1S/C34H45N5O4.BrH/c1-39(2,3)19-13-11-9-7-5-6-8-10-12-14-20-43-30-18-16-28(34(41)22-30)26-38-32(24-36)31(23-35)37-25-27-15-17-29(42-4)21-33(27)40;/h15-18,21-22,25-26H,5-14,19-20H2,1-4H3,(H-,37,38,40,41);1H/b32-31-;. The quantitative estimate of drug-likeness (QED) is 0.101. The lowest BCUT2D eigenvalue weighted by atomic mass is 10.1. The first-order chi connectivity index (χ1) is 20.7. The fraction of sp³-hybridized carbons (Fsp3) is 0.471. The van der Waals surface area contributed by atoms with Crippen LogP contribution in [0.3, 0.4) is 0 Å². The van der Waals surface area contributed by atoms with Crippen molar-refractivity contribution in [1.82, 2.24) is 0 Å². The number of nitriles is 2. The van der Waals surface area contributed by atoms with Crippen molar-refractivity contribution < 1.29 is 41.2 Å². The van der Waals surface area contributed by atoms with Gasteiger partial charge in [0.25, 0.3) is 0 Å². The van der Waals surface area contributed by atoms with Crippen molar-refractivity contribution in [1.29, 1.82) is 10.5 Å². The van der Waals surface area contributed by atoms with Gasteiger partial charge in [-0.05, 0) is 43.5 Å². The minimum absolute atomic E-state index is 0. The third-order valence-corrected chi connectivity index (χ3v) is 6.83. The first-order valence-corrected chi connectivity index (χ1v) is 14.9. The van der Waals surface area contributed by atoms with Crippen LogP contribution in [0.5, 0.6) is 23.0 Å². The first kappa shape index (κ1) is 38.2. The number of hydrogen-bond donors (Lipinski definition) is 2. The zero-order valence-corrected chi connectivity index (χ0v) is 28.0. The van der Waals surface area contributed by atoms with E-state index in [2.05, 4.69) is 31.1 Å². The molecular weight excluding hydrogens is 622 g/mol. The summed E-state index contributed by atoms with van der Waals surface area (Å²) < 4.78 is 11.9. The Kier molecular flexibility index (Phi) is 18.2. The van der Waals surface area contributed by atoms with Crippen LogP contribution in [-0.2, 0) is 0 Å². The zero-order chi connectivity index (χ0) is 31.5. The Labute approximate surface area is 273 Å². The third kappa shape index (κ3) is 15.0. The number of rotatable bonds is 19. The van der Waals surface area contributed by atoms with Crippen LogP contribution in [0.4, 0.5) is 0 Å². The molecule has 0 fully saturated rings. The maximum absolute atomic E-state index is 10.4. The molecule has 0 amide bonds. The molecule has 9 nitrogen and oxygen atoms in total. The number of benzene rings is 2. The van der Waals surface area contributed by atoms with E-state index in [1.165, 1.54) is 89.6 Å². The van der Waals surface area contributed by atoms with Gasteiger partial charge in [0.15, 0.2) is 11.4 Å². The molecule has 0 aliphatic heterocycles. The van der Waals surface area contributed by atoms with E-state index in [0.29, 0.717) is 29.2 Å². The van der Waals surface area contributed by atoms with Gasteiger partial charge in [-0.15, -0.1) is 0 Å². The van der Waals surface area contributed by atoms with Crippen molar-refractivity contribution in [2.45, 2.75) is 64.2 Å². The molecule has 44 heavy (non-hydrogen) atoms. The maximum atomic E-state index is 10.4. The average molecular weight is 669 g/mol. The third-order valence-electron chi connectivity index (χ3n) is 6.83. The number of unbranched alkanes of at least 4 members (excludes halogenated alkanes) is 9. The van der Waals surface area contributed by atoms with E-state index in [-0.39, 0.29) is 39.9 Å². The summed E-state index contributed by atoms with van der Waals surface area (Å²) >= 11 is 0. The molecule has 0 aliphatic rings. The van der Waals surface area contributed by atoms with Crippen LogP contribution < -0.4 is 26.5 Å². The number of hydrogen-bond acceptors (Lipinski definition) is 8. The summed E-state index contributed by atoms with van der Waals surface area (Å²) in [5.74, 6) is 0.883. The highest BCUT2D eigenvalue weighted by molar-refractivity contribution is 5.86. The fourth-order valence-corrected chi connectivity index (χ4v) is 4.33. The number of allylic oxidation sites excluding steroid dienone is 2. The lowest BCUT2D eigenvalue weighted by Gasteiger charge is -2.23. The van der Waals surface area contributed by atoms with Crippen molar-refractivity contribution in [3.05, 3.63) is 58.9 Å². The fourth-order valence-electron chi connectivity index (χ4n) is 4.33. The van der Waals surface area contributed by atoms with Gasteiger partial charge >= 0.3 is 0 Å². The average Bonchev–Trinajstić information content (AvgIpc) is 2.97. The minimum Gasteiger partial charge on any atom is -1.00 e. The number of phenols is 2. The number of halogens is 1. The molecule has 10 heteroatoms. The number of ether oxygens (including phenoxy) is 2. The van der Waals surface area contributed by atoms with Crippen LogP contribution in [0.25, 0.3) is 0 Å². The SMILES string of the molecule is COc1ccc(C=N/C(C#N)=C(/C#N)N=Cc2ccc(OCCCCCCCCCCCC[N+](C)(C)C)cc2O)c(O)c1.[Br-]. The summed E-state index contributed by atoms with van der Waals surface area (Å²) in [7, 11) is 8.23. The maximum Gasteiger partial charge on any atom is 0.176 e. The lowest BCUT2D eigenvalue weighted by molar-refractivity contribution is -0.870. The largest absolute Gasteiger partial charge is 1.00 e. The Hall–Kier alpha value is -3.86. The van der Waals surface area contributed by atoms with Crippen molar-refractivity contribution in [2.75, 3.05) is 41.4 Å². The second-order valence-corrected chi connectivity index (χ2v) is 11.5. The number of aromatic hydroxyl groups is 2. The van der Waals surface area contributed by atoms with E-state index in [1.54, 1.807) is 24.3 Å². The van der Waals surface area contributed by atoms with E-state index < -0.39 is 0 Å². The smallest absolute Gasteiger partial charge is 0.176 e. The first-order valence-electron chi connectivity index (χ1n) is 14.9. The Morgan fingerprint density at radius 2 is 1.16 bits per heavy atom. The lowest BCUT2D eigenvalue weighted by Crippen LogP contribution is -3.00. The van der Waals surface area contributed by atoms with Crippen LogP contribution in [-0.4, -0.2) is 68.5 Å². The van der Waals surface area contributed by atoms with Gasteiger partial charge in [-0.3, -0.25) is 0 Å². The molecule has 0 atom stereocenters. The van der Waals surface area contributed by atoms with Crippen LogP contribution in [0, 0.1) is 22.7 Å². The van der Waals surface area contributed by atoms with E-state index in [1.807, 2.05) is 12.1 Å². The van der Waals surface area contributed by atoms with Crippen molar-refractivity contribution >= 4 is 12.4 Å². The summed E-state index contributed by atoms with van der Waals surface area (Å²) in [6.07, 6.45) is 15.0. The normalized spacial score (nSPS) is 12.0. The van der Waals surface area contributed by atoms with Gasteiger partial charge in [-0.2, -0.15) is 10.5 Å². The van der Waals surface area contributed by atoms with Crippen LogP contribution in [0.1, 0.15) is 75.3 Å². The molecule has 2 rings (SSSR count). The van der Waals surface area contributed by atoms with Crippen molar-refractivity contribution in [3.8, 4) is 35.1 Å². The molecule has 0 unspecified atom stereocenters. The Balaban J connectivity index is 0.00000968. The molecule has 0 radical (unpaired) electrons. The Bertz CT molecular complexity index is 1340. The minimum atomic E-state index is -0.237. The number of phenolic OH excluding ortho intramolecular Hbond substituents is 2. The van der Waals surface area contributed by atoms with Gasteiger partial charge in [0, 0.05) is 35.7 Å². The van der Waals surface area contributed by atoms with E-state index in [0.717, 1.165) is 17.3 Å². The summed E-state index contributed by atoms with van der Waals surface area (Å²) in [6, 6.07) is 13.2. The second kappa shape index (κ2) is 20.9. The van der Waals surface area contributed by atoms with Gasteiger partial charge in [0.1, 0.15) is 35.1 Å². The van der Waals surface area contributed by atoms with E-state index in [4.69, 9.17) is 9.47 Å². The number of methoxy groups -OCH3 is 1. The van der Waals surface area contributed by atoms with Gasteiger partial charge in [0.05, 0.1) is 41.4 Å². The van der Waals surface area contributed by atoms with Crippen LogP contribution in [0.2, 0.25) is 0 Å². The highest BCUT2D eigenvalue weighted by Crippen LogP contribution is 2.24. The van der Waals surface area contributed by atoms with Crippen LogP contribution in [0.15, 0.2) is 57.8 Å². The number of aliphatic imine (C=N–C) groups is 2. The molecule has 2 N–H and O–H groups in total. The summed E-state index contributed by atoms with van der Waals surface area (Å²) in [6.45, 7) is 1.83. The monoisotopic (exact) mass is 667 g/mol. The molecular formula is C34H46BrN5O4. The highest BCUT2D eigenvalue weighted by Gasteiger charge is 2.08. The molecule has 0 saturated carbocycles. The molecule has 238 valence electrons. The van der Waals surface area contributed by atoms with E-state index >= 15 is 0 Å². The summed E-state index contributed by atoms with van der Waals surface area (Å²) in [5, 5.41) is 39.5. The Morgan fingerprint density at radius 1 is 0.727 bits per heavy atom. The van der Waals surface area contributed by atoms with Gasteiger partial charge < -0.3 is 41.2 Å². The van der Waals surface area contributed by atoms with E-state index in [9.17, 15) is 20.7 Å². The molecule has 0 heterocycles. The van der Waals surface area contributed by atoms with Gasteiger partial charge in [0.2, 0.25) is 0 Å². The molecule has 2 aromatic rings.